The van der Waals surface area contributed by atoms with Crippen LogP contribution in [0.3, 0.4) is 0 Å². The van der Waals surface area contributed by atoms with Crippen LogP contribution in [0.2, 0.25) is 18.1 Å². The summed E-state index contributed by atoms with van der Waals surface area (Å²) in [5, 5.41) is 0.248. The Kier molecular flexibility index (Phi) is 5.20. The van der Waals surface area contributed by atoms with Gasteiger partial charge in [-0.2, -0.15) is 0 Å². The second-order valence-electron chi connectivity index (χ2n) is 5.93. The summed E-state index contributed by atoms with van der Waals surface area (Å²) in [6.07, 6.45) is 1.69. The number of rotatable bonds is 5. The molecule has 15 heavy (non-hydrogen) atoms. The number of Topliss-reactive ketones (excluding diaryl/α,β-unsaturated/α-hetero) is 1. The third kappa shape index (κ3) is 5.47. The molecule has 0 saturated carbocycles. The zero-order valence-corrected chi connectivity index (χ0v) is 12.3. The van der Waals surface area contributed by atoms with Crippen LogP contribution in [-0.4, -0.2) is 20.2 Å². The zero-order chi connectivity index (χ0) is 12.3. The zero-order valence-electron chi connectivity index (χ0n) is 11.3. The van der Waals surface area contributed by atoms with Crippen LogP contribution in [0.25, 0.3) is 0 Å². The Hall–Kier alpha value is -0.153. The van der Waals surface area contributed by atoms with Gasteiger partial charge in [0, 0.05) is 12.5 Å². The van der Waals surface area contributed by atoms with Gasteiger partial charge in [-0.3, -0.25) is 0 Å². The van der Waals surface area contributed by atoms with Gasteiger partial charge in [0.15, 0.2) is 8.32 Å². The fraction of sp³-hybridized carbons (Fsp3) is 0.917. The van der Waals surface area contributed by atoms with Crippen molar-refractivity contribution in [1.82, 2.24) is 0 Å². The standard InChI is InChI=1S/C12H26O2Si/c1-10(13)8-9-11(2)14-15(6,7)12(3,4)5/h11H,8-9H2,1-7H3. The first kappa shape index (κ1) is 14.8. The summed E-state index contributed by atoms with van der Waals surface area (Å²) in [6, 6.07) is 0. The molecule has 2 nitrogen and oxygen atoms in total. The van der Waals surface area contributed by atoms with Crippen molar-refractivity contribution in [2.24, 2.45) is 0 Å². The van der Waals surface area contributed by atoms with E-state index < -0.39 is 8.32 Å². The van der Waals surface area contributed by atoms with Gasteiger partial charge in [0.2, 0.25) is 0 Å². The van der Waals surface area contributed by atoms with Crippen molar-refractivity contribution < 1.29 is 9.22 Å². The largest absolute Gasteiger partial charge is 0.414 e. The first-order valence-corrected chi connectivity index (χ1v) is 8.64. The minimum Gasteiger partial charge on any atom is -0.414 e. The van der Waals surface area contributed by atoms with Crippen LogP contribution in [0.4, 0.5) is 0 Å². The summed E-state index contributed by atoms with van der Waals surface area (Å²) < 4.78 is 6.14. The molecule has 0 aromatic rings. The Labute approximate surface area is 95.5 Å². The van der Waals surface area contributed by atoms with Gasteiger partial charge in [0.05, 0.1) is 0 Å². The van der Waals surface area contributed by atoms with Gasteiger partial charge in [0.25, 0.3) is 0 Å². The van der Waals surface area contributed by atoms with Gasteiger partial charge in [-0.1, -0.05) is 20.8 Å². The van der Waals surface area contributed by atoms with E-state index in [1.807, 2.05) is 0 Å². The van der Waals surface area contributed by atoms with Crippen molar-refractivity contribution in [3.05, 3.63) is 0 Å². The van der Waals surface area contributed by atoms with E-state index in [2.05, 4.69) is 40.8 Å². The normalized spacial score (nSPS) is 15.1. The van der Waals surface area contributed by atoms with Crippen molar-refractivity contribution in [3.63, 3.8) is 0 Å². The average molecular weight is 230 g/mol. The SMILES string of the molecule is CC(=O)CCC(C)O[Si](C)(C)C(C)(C)C. The fourth-order valence-electron chi connectivity index (χ4n) is 1.15. The fourth-order valence-corrected chi connectivity index (χ4v) is 2.62. The molecule has 0 aromatic carbocycles. The van der Waals surface area contributed by atoms with E-state index in [-0.39, 0.29) is 16.9 Å². The lowest BCUT2D eigenvalue weighted by Crippen LogP contribution is -2.43. The van der Waals surface area contributed by atoms with Crippen molar-refractivity contribution in [2.75, 3.05) is 0 Å². The lowest BCUT2D eigenvalue weighted by Gasteiger charge is -2.38. The van der Waals surface area contributed by atoms with Gasteiger partial charge in [-0.25, -0.2) is 0 Å². The van der Waals surface area contributed by atoms with Crippen molar-refractivity contribution in [3.8, 4) is 0 Å². The summed E-state index contributed by atoms with van der Waals surface area (Å²) >= 11 is 0. The third-order valence-corrected chi connectivity index (χ3v) is 7.81. The quantitative estimate of drug-likeness (QED) is 0.672. The van der Waals surface area contributed by atoms with Crippen LogP contribution in [0, 0.1) is 0 Å². The Morgan fingerprint density at radius 2 is 1.80 bits per heavy atom. The van der Waals surface area contributed by atoms with Crippen LogP contribution < -0.4 is 0 Å². The molecular weight excluding hydrogens is 204 g/mol. The van der Waals surface area contributed by atoms with Crippen LogP contribution >= 0.6 is 0 Å². The molecule has 3 heteroatoms. The van der Waals surface area contributed by atoms with E-state index >= 15 is 0 Å². The van der Waals surface area contributed by atoms with Crippen LogP contribution in [0.15, 0.2) is 0 Å². The van der Waals surface area contributed by atoms with Crippen molar-refractivity contribution in [2.45, 2.75) is 71.7 Å². The number of hydrogen-bond donors (Lipinski definition) is 0. The van der Waals surface area contributed by atoms with E-state index in [4.69, 9.17) is 4.43 Å². The van der Waals surface area contributed by atoms with E-state index in [0.29, 0.717) is 6.42 Å². The summed E-state index contributed by atoms with van der Waals surface area (Å²) in [4.78, 5) is 10.9. The molecule has 0 bridgehead atoms. The van der Waals surface area contributed by atoms with E-state index in [1.165, 1.54) is 0 Å². The summed E-state index contributed by atoms with van der Waals surface area (Å²) in [5.74, 6) is 0.251. The first-order chi connectivity index (χ1) is 6.56. The van der Waals surface area contributed by atoms with Crippen molar-refractivity contribution >= 4 is 14.1 Å². The number of ketones is 1. The summed E-state index contributed by atoms with van der Waals surface area (Å²) in [5.41, 5.74) is 0. The molecule has 0 aromatic heterocycles. The summed E-state index contributed by atoms with van der Waals surface area (Å²) in [6.45, 7) is 14.9. The van der Waals surface area contributed by atoms with Gasteiger partial charge >= 0.3 is 0 Å². The maximum Gasteiger partial charge on any atom is 0.192 e. The second-order valence-corrected chi connectivity index (χ2v) is 10.7. The Balaban J connectivity index is 4.16. The van der Waals surface area contributed by atoms with Crippen LogP contribution in [0.5, 0.6) is 0 Å². The molecule has 0 spiro atoms. The van der Waals surface area contributed by atoms with Crippen LogP contribution in [0.1, 0.15) is 47.5 Å². The lowest BCUT2D eigenvalue weighted by molar-refractivity contribution is -0.117. The van der Waals surface area contributed by atoms with E-state index in [0.717, 1.165) is 6.42 Å². The molecule has 0 radical (unpaired) electrons. The highest BCUT2D eigenvalue weighted by Gasteiger charge is 2.38. The smallest absolute Gasteiger partial charge is 0.192 e. The second kappa shape index (κ2) is 5.26. The molecule has 0 saturated heterocycles. The average Bonchev–Trinajstić information content (AvgIpc) is 1.97. The summed E-state index contributed by atoms with van der Waals surface area (Å²) in [7, 11) is -1.65. The molecular formula is C12H26O2Si. The Morgan fingerprint density at radius 3 is 2.13 bits per heavy atom. The van der Waals surface area contributed by atoms with E-state index in [1.54, 1.807) is 6.92 Å². The predicted octanol–water partition coefficient (Wildman–Crippen LogP) is 3.77. The highest BCUT2D eigenvalue weighted by atomic mass is 28.4. The van der Waals surface area contributed by atoms with Gasteiger partial charge in [0.1, 0.15) is 5.78 Å². The lowest BCUT2D eigenvalue weighted by atomic mass is 10.2. The number of hydrogen-bond acceptors (Lipinski definition) is 2. The van der Waals surface area contributed by atoms with Crippen molar-refractivity contribution in [1.29, 1.82) is 0 Å². The molecule has 0 amide bonds. The minimum atomic E-state index is -1.65. The molecule has 0 aliphatic heterocycles. The molecule has 0 N–H and O–H groups in total. The Morgan fingerprint density at radius 1 is 1.33 bits per heavy atom. The van der Waals surface area contributed by atoms with E-state index in [9.17, 15) is 4.79 Å². The molecule has 1 atom stereocenters. The Bertz CT molecular complexity index is 216. The highest BCUT2D eigenvalue weighted by Crippen LogP contribution is 2.37. The monoisotopic (exact) mass is 230 g/mol. The van der Waals surface area contributed by atoms with Gasteiger partial charge in [-0.15, -0.1) is 0 Å². The van der Waals surface area contributed by atoms with Gasteiger partial charge < -0.3 is 9.22 Å². The molecule has 0 fully saturated rings. The maximum atomic E-state index is 10.9. The highest BCUT2D eigenvalue weighted by molar-refractivity contribution is 6.74. The molecule has 90 valence electrons. The topological polar surface area (TPSA) is 26.3 Å². The molecule has 0 heterocycles. The molecule has 1 unspecified atom stereocenters. The number of carbonyl (C=O) groups is 1. The van der Waals surface area contributed by atoms with Crippen LogP contribution in [-0.2, 0) is 9.22 Å². The maximum absolute atomic E-state index is 10.9. The first-order valence-electron chi connectivity index (χ1n) is 5.73. The molecule has 0 aliphatic carbocycles. The number of carbonyl (C=O) groups excluding carboxylic acids is 1. The molecule has 0 aliphatic rings. The molecule has 0 rings (SSSR count). The third-order valence-electron chi connectivity index (χ3n) is 3.20. The van der Waals surface area contributed by atoms with Gasteiger partial charge in [-0.05, 0) is 38.4 Å². The predicted molar refractivity (Wildman–Crippen MR) is 67.7 cm³/mol. The minimum absolute atomic E-state index is 0.204.